The third kappa shape index (κ3) is 3.04. The number of hydrogen-bond donors (Lipinski definition) is 1. The second-order valence-corrected chi connectivity index (χ2v) is 6.58. The molecule has 0 aliphatic carbocycles. The molecule has 0 unspecified atom stereocenters. The lowest BCUT2D eigenvalue weighted by Crippen LogP contribution is -2.36. The van der Waals surface area contributed by atoms with E-state index in [1.54, 1.807) is 6.20 Å². The SMILES string of the molecule is c1cncc(-c2ccc3[nH]nc(-c4ccnc(N5CCOCC5)c4)c3c2)c1. The highest BCUT2D eigenvalue weighted by atomic mass is 16.5. The van der Waals surface area contributed by atoms with Crippen molar-refractivity contribution in [3.05, 3.63) is 61.1 Å². The van der Waals surface area contributed by atoms with Gasteiger partial charge in [-0.1, -0.05) is 12.1 Å². The highest BCUT2D eigenvalue weighted by Gasteiger charge is 2.15. The monoisotopic (exact) mass is 357 g/mol. The number of aromatic amines is 1. The number of benzene rings is 1. The minimum atomic E-state index is 0.742. The molecule has 3 aromatic heterocycles. The molecule has 134 valence electrons. The van der Waals surface area contributed by atoms with Crippen molar-refractivity contribution in [3.63, 3.8) is 0 Å². The Morgan fingerprint density at radius 1 is 0.926 bits per heavy atom. The maximum absolute atomic E-state index is 5.44. The maximum Gasteiger partial charge on any atom is 0.129 e. The molecular formula is C21H19N5O. The summed E-state index contributed by atoms with van der Waals surface area (Å²) in [7, 11) is 0. The van der Waals surface area contributed by atoms with E-state index in [9.17, 15) is 0 Å². The average molecular weight is 357 g/mol. The largest absolute Gasteiger partial charge is 0.378 e. The van der Waals surface area contributed by atoms with Crippen molar-refractivity contribution in [3.8, 4) is 22.4 Å². The lowest BCUT2D eigenvalue weighted by Gasteiger charge is -2.27. The van der Waals surface area contributed by atoms with Gasteiger partial charge in [-0.3, -0.25) is 10.1 Å². The van der Waals surface area contributed by atoms with Crippen LogP contribution in [0.1, 0.15) is 0 Å². The van der Waals surface area contributed by atoms with Crippen molar-refractivity contribution < 1.29 is 4.74 Å². The van der Waals surface area contributed by atoms with Gasteiger partial charge < -0.3 is 9.64 Å². The van der Waals surface area contributed by atoms with Gasteiger partial charge >= 0.3 is 0 Å². The van der Waals surface area contributed by atoms with E-state index in [1.165, 1.54) is 0 Å². The van der Waals surface area contributed by atoms with Crippen LogP contribution in [0.25, 0.3) is 33.3 Å². The molecule has 1 N–H and O–H groups in total. The minimum Gasteiger partial charge on any atom is -0.378 e. The Kier molecular flexibility index (Phi) is 4.03. The molecule has 1 saturated heterocycles. The first-order chi connectivity index (χ1) is 13.4. The van der Waals surface area contributed by atoms with Gasteiger partial charge in [0.2, 0.25) is 0 Å². The fourth-order valence-electron chi connectivity index (χ4n) is 3.48. The third-order valence-electron chi connectivity index (χ3n) is 4.91. The number of pyridine rings is 2. The molecule has 1 aromatic carbocycles. The van der Waals surface area contributed by atoms with Crippen LogP contribution in [0, 0.1) is 0 Å². The summed E-state index contributed by atoms with van der Waals surface area (Å²) in [5.74, 6) is 0.968. The van der Waals surface area contributed by atoms with Crippen LogP contribution in [-0.4, -0.2) is 46.5 Å². The molecule has 1 aliphatic heterocycles. The number of anilines is 1. The molecule has 0 radical (unpaired) electrons. The fraction of sp³-hybridized carbons (Fsp3) is 0.190. The number of aromatic nitrogens is 4. The Bertz CT molecular complexity index is 1070. The quantitative estimate of drug-likeness (QED) is 0.608. The Morgan fingerprint density at radius 2 is 1.85 bits per heavy atom. The highest BCUT2D eigenvalue weighted by Crippen LogP contribution is 2.31. The van der Waals surface area contributed by atoms with Gasteiger partial charge in [-0.25, -0.2) is 4.98 Å². The molecule has 6 nitrogen and oxygen atoms in total. The number of H-pyrrole nitrogens is 1. The molecule has 0 saturated carbocycles. The van der Waals surface area contributed by atoms with Crippen LogP contribution in [0.3, 0.4) is 0 Å². The summed E-state index contributed by atoms with van der Waals surface area (Å²) in [4.78, 5) is 11.0. The standard InChI is InChI=1S/C21H19N5O/c1-2-17(14-22-6-1)15-3-4-19-18(12-15)21(25-24-19)16-5-7-23-20(13-16)26-8-10-27-11-9-26/h1-7,12-14H,8-11H2,(H,24,25). The molecule has 1 fully saturated rings. The molecule has 1 aliphatic rings. The van der Waals surface area contributed by atoms with Gasteiger partial charge in [0.1, 0.15) is 11.5 Å². The predicted molar refractivity (Wildman–Crippen MR) is 106 cm³/mol. The van der Waals surface area contributed by atoms with E-state index in [0.29, 0.717) is 0 Å². The lowest BCUT2D eigenvalue weighted by molar-refractivity contribution is 0.122. The number of fused-ring (bicyclic) bond motifs is 1. The van der Waals surface area contributed by atoms with Crippen LogP contribution in [0.2, 0.25) is 0 Å². The van der Waals surface area contributed by atoms with Crippen molar-refractivity contribution in [2.24, 2.45) is 0 Å². The first kappa shape index (κ1) is 16.0. The first-order valence-electron chi connectivity index (χ1n) is 9.06. The summed E-state index contributed by atoms with van der Waals surface area (Å²) < 4.78 is 5.44. The fourth-order valence-corrected chi connectivity index (χ4v) is 3.48. The Hall–Kier alpha value is -3.25. The van der Waals surface area contributed by atoms with Gasteiger partial charge in [0, 0.05) is 48.2 Å². The Morgan fingerprint density at radius 3 is 2.70 bits per heavy atom. The molecule has 0 spiro atoms. The molecule has 4 aromatic rings. The summed E-state index contributed by atoms with van der Waals surface area (Å²) in [5, 5.41) is 8.81. The van der Waals surface area contributed by atoms with Crippen molar-refractivity contribution in [1.29, 1.82) is 0 Å². The van der Waals surface area contributed by atoms with E-state index in [1.807, 2.05) is 24.5 Å². The maximum atomic E-state index is 5.44. The van der Waals surface area contributed by atoms with Crippen LogP contribution < -0.4 is 4.90 Å². The van der Waals surface area contributed by atoms with E-state index >= 15 is 0 Å². The molecule has 0 atom stereocenters. The van der Waals surface area contributed by atoms with Crippen LogP contribution in [0.5, 0.6) is 0 Å². The number of ether oxygens (including phenoxy) is 1. The zero-order chi connectivity index (χ0) is 18.1. The van der Waals surface area contributed by atoms with Crippen molar-refractivity contribution >= 4 is 16.7 Å². The van der Waals surface area contributed by atoms with Crippen LogP contribution in [-0.2, 0) is 4.74 Å². The van der Waals surface area contributed by atoms with Crippen molar-refractivity contribution in [2.75, 3.05) is 31.2 Å². The van der Waals surface area contributed by atoms with Gasteiger partial charge in [-0.2, -0.15) is 5.10 Å². The molecule has 5 rings (SSSR count). The highest BCUT2D eigenvalue weighted by molar-refractivity contribution is 5.95. The summed E-state index contributed by atoms with van der Waals surface area (Å²) in [6, 6.07) is 14.5. The van der Waals surface area contributed by atoms with Crippen LogP contribution in [0.4, 0.5) is 5.82 Å². The van der Waals surface area contributed by atoms with Gasteiger partial charge in [0.05, 0.1) is 18.7 Å². The normalized spacial score (nSPS) is 14.6. The average Bonchev–Trinajstić information content (AvgIpc) is 3.18. The number of nitrogens with one attached hydrogen (secondary N) is 1. The smallest absolute Gasteiger partial charge is 0.129 e. The van der Waals surface area contributed by atoms with Gasteiger partial charge in [0.15, 0.2) is 0 Å². The summed E-state index contributed by atoms with van der Waals surface area (Å²) in [6.45, 7) is 3.21. The van der Waals surface area contributed by atoms with Crippen molar-refractivity contribution in [1.82, 2.24) is 20.2 Å². The van der Waals surface area contributed by atoms with Gasteiger partial charge in [-0.05, 0) is 35.9 Å². The number of morpholine rings is 1. The number of rotatable bonds is 3. The third-order valence-corrected chi connectivity index (χ3v) is 4.91. The molecule has 4 heterocycles. The lowest BCUT2D eigenvalue weighted by atomic mass is 10.0. The van der Waals surface area contributed by atoms with Gasteiger partial charge in [-0.15, -0.1) is 0 Å². The second kappa shape index (κ2) is 6.81. The van der Waals surface area contributed by atoms with Gasteiger partial charge in [0.25, 0.3) is 0 Å². The second-order valence-electron chi connectivity index (χ2n) is 6.58. The predicted octanol–water partition coefficient (Wildman–Crippen LogP) is 3.52. The Balaban J connectivity index is 1.57. The molecular weight excluding hydrogens is 338 g/mol. The topological polar surface area (TPSA) is 66.9 Å². The van der Waals surface area contributed by atoms with E-state index in [4.69, 9.17) is 4.74 Å². The molecule has 27 heavy (non-hydrogen) atoms. The molecule has 0 bridgehead atoms. The first-order valence-corrected chi connectivity index (χ1v) is 9.06. The Labute approximate surface area is 156 Å². The van der Waals surface area contributed by atoms with E-state index in [-0.39, 0.29) is 0 Å². The zero-order valence-corrected chi connectivity index (χ0v) is 14.8. The molecule has 6 heteroatoms. The summed E-state index contributed by atoms with van der Waals surface area (Å²) >= 11 is 0. The summed E-state index contributed by atoms with van der Waals surface area (Å²) in [6.07, 6.45) is 5.52. The van der Waals surface area contributed by atoms with E-state index in [0.717, 1.165) is 65.4 Å². The minimum absolute atomic E-state index is 0.742. The van der Waals surface area contributed by atoms with Crippen LogP contribution >= 0.6 is 0 Å². The van der Waals surface area contributed by atoms with E-state index in [2.05, 4.69) is 55.4 Å². The van der Waals surface area contributed by atoms with E-state index < -0.39 is 0 Å². The van der Waals surface area contributed by atoms with Crippen LogP contribution in [0.15, 0.2) is 61.1 Å². The summed E-state index contributed by atoms with van der Waals surface area (Å²) in [5.41, 5.74) is 5.23. The number of nitrogens with zero attached hydrogens (tertiary/aromatic N) is 4. The zero-order valence-electron chi connectivity index (χ0n) is 14.8. The number of hydrogen-bond acceptors (Lipinski definition) is 5. The molecule has 0 amide bonds. The van der Waals surface area contributed by atoms with Crippen molar-refractivity contribution in [2.45, 2.75) is 0 Å².